The van der Waals surface area contributed by atoms with Crippen LogP contribution in [0.3, 0.4) is 0 Å². The van der Waals surface area contributed by atoms with Crippen molar-refractivity contribution in [3.8, 4) is 11.5 Å². The predicted octanol–water partition coefficient (Wildman–Crippen LogP) is 5.62. The van der Waals surface area contributed by atoms with Crippen molar-refractivity contribution in [3.63, 3.8) is 0 Å². The molecule has 0 saturated carbocycles. The van der Waals surface area contributed by atoms with Crippen LogP contribution >= 0.6 is 0 Å². The molecule has 0 aromatic heterocycles. The molecule has 0 radical (unpaired) electrons. The second-order valence-electron chi connectivity index (χ2n) is 8.15. The molecule has 4 heteroatoms. The van der Waals surface area contributed by atoms with Gasteiger partial charge in [0.1, 0.15) is 23.8 Å². The number of nitrogens with zero attached hydrogens (tertiary/aromatic N) is 2. The monoisotopic (exact) mass is 384 g/mol. The Labute approximate surface area is 171 Å². The molecule has 1 atom stereocenters. The molecule has 2 aliphatic rings. The molecule has 1 unspecified atom stereocenters. The Bertz CT molecular complexity index is 1160. The van der Waals surface area contributed by atoms with Gasteiger partial charge in [-0.25, -0.2) is 0 Å². The zero-order chi connectivity index (χ0) is 20.2. The van der Waals surface area contributed by atoms with Gasteiger partial charge in [-0.1, -0.05) is 43.0 Å². The van der Waals surface area contributed by atoms with E-state index in [-0.39, 0.29) is 5.41 Å². The molecule has 4 nitrogen and oxygen atoms in total. The van der Waals surface area contributed by atoms with Gasteiger partial charge in [0.2, 0.25) is 5.72 Å². The molecule has 0 fully saturated rings. The molecule has 0 bridgehead atoms. The van der Waals surface area contributed by atoms with Crippen molar-refractivity contribution in [3.05, 3.63) is 72.8 Å². The van der Waals surface area contributed by atoms with E-state index in [1.54, 1.807) is 6.08 Å². The summed E-state index contributed by atoms with van der Waals surface area (Å²) >= 11 is 0. The number of fused-ring (bicyclic) bond motifs is 4. The van der Waals surface area contributed by atoms with Crippen molar-refractivity contribution < 1.29 is 9.47 Å². The van der Waals surface area contributed by atoms with E-state index in [4.69, 9.17) is 14.5 Å². The van der Waals surface area contributed by atoms with Crippen LogP contribution in [0.4, 0.5) is 11.4 Å². The zero-order valence-corrected chi connectivity index (χ0v) is 17.0. The predicted molar refractivity (Wildman–Crippen MR) is 119 cm³/mol. The average Bonchev–Trinajstić information content (AvgIpc) is 2.90. The standard InChI is InChI=1S/C25H24N2O2/c1-5-14-28-18-12-10-17-11-13-22-23(19(17)15-18)26-16-25(29-22)24(2,3)20-8-6-7-9-21(20)27(25)4/h5-13,15-16H,1,14H2,2-4H3. The van der Waals surface area contributed by atoms with E-state index in [1.165, 1.54) is 11.3 Å². The number of aliphatic imine (C=N–C) groups is 1. The van der Waals surface area contributed by atoms with E-state index in [1.807, 2.05) is 24.4 Å². The number of ether oxygens (including phenoxy) is 2. The van der Waals surface area contributed by atoms with Crippen LogP contribution in [0, 0.1) is 0 Å². The maximum atomic E-state index is 6.74. The van der Waals surface area contributed by atoms with Crippen LogP contribution in [0.2, 0.25) is 0 Å². The Balaban J connectivity index is 1.63. The molecule has 1 spiro atoms. The second kappa shape index (κ2) is 6.11. The van der Waals surface area contributed by atoms with Gasteiger partial charge in [-0.15, -0.1) is 0 Å². The number of hydrogen-bond donors (Lipinski definition) is 0. The largest absolute Gasteiger partial charge is 0.490 e. The highest BCUT2D eigenvalue weighted by atomic mass is 16.5. The lowest BCUT2D eigenvalue weighted by molar-refractivity contribution is 0.0826. The highest BCUT2D eigenvalue weighted by molar-refractivity contribution is 6.00. The number of likely N-dealkylation sites (N-methyl/N-ethyl adjacent to an activating group) is 1. The quantitative estimate of drug-likeness (QED) is 0.549. The van der Waals surface area contributed by atoms with E-state index < -0.39 is 5.72 Å². The summed E-state index contributed by atoms with van der Waals surface area (Å²) in [6.45, 7) is 8.62. The summed E-state index contributed by atoms with van der Waals surface area (Å²) < 4.78 is 12.5. The highest BCUT2D eigenvalue weighted by Crippen LogP contribution is 2.54. The van der Waals surface area contributed by atoms with Crippen LogP contribution in [0.25, 0.3) is 10.8 Å². The van der Waals surface area contributed by atoms with Gasteiger partial charge in [-0.2, -0.15) is 0 Å². The summed E-state index contributed by atoms with van der Waals surface area (Å²) in [6, 6.07) is 18.6. The summed E-state index contributed by atoms with van der Waals surface area (Å²) in [7, 11) is 2.08. The van der Waals surface area contributed by atoms with E-state index in [0.29, 0.717) is 6.61 Å². The highest BCUT2D eigenvalue weighted by Gasteiger charge is 2.58. The first-order chi connectivity index (χ1) is 14.0. The summed E-state index contributed by atoms with van der Waals surface area (Å²) in [4.78, 5) is 7.14. The third-order valence-corrected chi connectivity index (χ3v) is 6.26. The van der Waals surface area contributed by atoms with Gasteiger partial charge in [0.25, 0.3) is 0 Å². The Morgan fingerprint density at radius 2 is 1.93 bits per heavy atom. The summed E-state index contributed by atoms with van der Waals surface area (Å²) in [6.07, 6.45) is 3.71. The lowest BCUT2D eigenvalue weighted by Crippen LogP contribution is -2.61. The summed E-state index contributed by atoms with van der Waals surface area (Å²) in [5.74, 6) is 1.58. The third kappa shape index (κ3) is 2.35. The van der Waals surface area contributed by atoms with Gasteiger partial charge in [-0.3, -0.25) is 4.99 Å². The molecule has 3 aromatic rings. The normalized spacial score (nSPS) is 21.0. The van der Waals surface area contributed by atoms with Gasteiger partial charge < -0.3 is 14.4 Å². The van der Waals surface area contributed by atoms with Crippen molar-refractivity contribution in [1.82, 2.24) is 0 Å². The van der Waals surface area contributed by atoms with Crippen molar-refractivity contribution in [2.45, 2.75) is 25.0 Å². The third-order valence-electron chi connectivity index (χ3n) is 6.26. The van der Waals surface area contributed by atoms with Crippen LogP contribution in [0.15, 0.2) is 72.2 Å². The van der Waals surface area contributed by atoms with E-state index >= 15 is 0 Å². The van der Waals surface area contributed by atoms with Crippen LogP contribution in [-0.4, -0.2) is 25.6 Å². The van der Waals surface area contributed by atoms with Crippen molar-refractivity contribution in [2.24, 2.45) is 4.99 Å². The number of rotatable bonds is 3. The van der Waals surface area contributed by atoms with E-state index in [2.05, 4.69) is 68.8 Å². The van der Waals surface area contributed by atoms with Gasteiger partial charge in [0.15, 0.2) is 0 Å². The molecular weight excluding hydrogens is 360 g/mol. The molecule has 0 aliphatic carbocycles. The van der Waals surface area contributed by atoms with Crippen LogP contribution < -0.4 is 14.4 Å². The first kappa shape index (κ1) is 17.8. The Kier molecular flexibility index (Phi) is 3.75. The summed E-state index contributed by atoms with van der Waals surface area (Å²) in [5, 5.41) is 2.12. The molecule has 5 rings (SSSR count). The lowest BCUT2D eigenvalue weighted by Gasteiger charge is -2.45. The fourth-order valence-corrected chi connectivity index (χ4v) is 4.60. The maximum absolute atomic E-state index is 6.74. The van der Waals surface area contributed by atoms with Crippen LogP contribution in [0.1, 0.15) is 19.4 Å². The van der Waals surface area contributed by atoms with Crippen LogP contribution in [0.5, 0.6) is 11.5 Å². The number of para-hydroxylation sites is 1. The topological polar surface area (TPSA) is 34.1 Å². The molecule has 3 aromatic carbocycles. The Morgan fingerprint density at radius 1 is 1.14 bits per heavy atom. The first-order valence-corrected chi connectivity index (χ1v) is 9.86. The lowest BCUT2D eigenvalue weighted by atomic mass is 9.77. The fourth-order valence-electron chi connectivity index (χ4n) is 4.60. The molecule has 2 aliphatic heterocycles. The van der Waals surface area contributed by atoms with E-state index in [9.17, 15) is 0 Å². The molecule has 2 heterocycles. The molecule has 0 saturated heterocycles. The second-order valence-corrected chi connectivity index (χ2v) is 8.15. The SMILES string of the molecule is C=CCOc1ccc2ccc3c(c2c1)N=CC1(O3)N(C)c2ccccc2C1(C)C. The molecule has 29 heavy (non-hydrogen) atoms. The maximum Gasteiger partial charge on any atom is 0.228 e. The zero-order valence-electron chi connectivity index (χ0n) is 17.0. The number of anilines is 1. The van der Waals surface area contributed by atoms with Crippen molar-refractivity contribution in [1.29, 1.82) is 0 Å². The smallest absolute Gasteiger partial charge is 0.228 e. The number of hydrogen-bond acceptors (Lipinski definition) is 4. The molecule has 146 valence electrons. The van der Waals surface area contributed by atoms with Crippen molar-refractivity contribution >= 4 is 28.4 Å². The Morgan fingerprint density at radius 3 is 2.72 bits per heavy atom. The van der Waals surface area contributed by atoms with Gasteiger partial charge in [0, 0.05) is 18.1 Å². The van der Waals surface area contributed by atoms with E-state index in [0.717, 1.165) is 28.0 Å². The van der Waals surface area contributed by atoms with Gasteiger partial charge in [0.05, 0.1) is 11.6 Å². The number of benzene rings is 3. The van der Waals surface area contributed by atoms with Crippen molar-refractivity contribution in [2.75, 3.05) is 18.6 Å². The molecule has 0 N–H and O–H groups in total. The Hall–Kier alpha value is -3.27. The minimum Gasteiger partial charge on any atom is -0.490 e. The summed E-state index contributed by atoms with van der Waals surface area (Å²) in [5.41, 5.74) is 2.35. The first-order valence-electron chi connectivity index (χ1n) is 9.86. The average molecular weight is 384 g/mol. The molecule has 0 amide bonds. The van der Waals surface area contributed by atoms with Gasteiger partial charge in [-0.05, 0) is 49.1 Å². The van der Waals surface area contributed by atoms with Crippen LogP contribution in [-0.2, 0) is 5.41 Å². The minimum atomic E-state index is -0.672. The fraction of sp³-hybridized carbons (Fsp3) is 0.240. The minimum absolute atomic E-state index is 0.261. The molecular formula is C25H24N2O2. The van der Waals surface area contributed by atoms with Gasteiger partial charge >= 0.3 is 0 Å².